The second-order valence-corrected chi connectivity index (χ2v) is 5.69. The van der Waals surface area contributed by atoms with E-state index in [9.17, 15) is 14.7 Å². The highest BCUT2D eigenvalue weighted by atomic mass is 16.5. The van der Waals surface area contributed by atoms with Gasteiger partial charge in [0.05, 0.1) is 25.3 Å². The van der Waals surface area contributed by atoms with Gasteiger partial charge in [0.1, 0.15) is 0 Å². The van der Waals surface area contributed by atoms with E-state index in [4.69, 9.17) is 0 Å². The lowest BCUT2D eigenvalue weighted by Crippen LogP contribution is -2.41. The third-order valence-corrected chi connectivity index (χ3v) is 3.79. The molecule has 0 fully saturated rings. The number of carbonyl (C=O) groups excluding carboxylic acids is 2. The summed E-state index contributed by atoms with van der Waals surface area (Å²) in [5.41, 5.74) is 2.69. The van der Waals surface area contributed by atoms with Crippen molar-refractivity contribution in [1.29, 1.82) is 0 Å². The van der Waals surface area contributed by atoms with Crippen molar-refractivity contribution in [1.82, 2.24) is 5.32 Å². The molecule has 0 saturated carbocycles. The smallest absolute Gasteiger partial charge is 0.337 e. The summed E-state index contributed by atoms with van der Waals surface area (Å²) in [6.45, 7) is 1.65. The number of aryl methyl sites for hydroxylation is 1. The quantitative estimate of drug-likeness (QED) is 0.704. The fraction of sp³-hybridized carbons (Fsp3) is 0.263. The topological polar surface area (TPSA) is 87.7 Å². The van der Waals surface area contributed by atoms with Gasteiger partial charge in [0.2, 0.25) is 0 Å². The summed E-state index contributed by atoms with van der Waals surface area (Å²) >= 11 is 0. The summed E-state index contributed by atoms with van der Waals surface area (Å²) in [7, 11) is 1.30. The van der Waals surface area contributed by atoms with Crippen LogP contribution in [0, 0.1) is 6.92 Å². The van der Waals surface area contributed by atoms with Crippen molar-refractivity contribution >= 4 is 17.7 Å². The lowest BCUT2D eigenvalue weighted by Gasteiger charge is -2.18. The number of benzene rings is 2. The molecule has 1 atom stereocenters. The third kappa shape index (κ3) is 5.32. The second-order valence-electron chi connectivity index (χ2n) is 5.69. The second kappa shape index (κ2) is 8.84. The lowest BCUT2D eigenvalue weighted by atomic mass is 10.1. The Morgan fingerprint density at radius 3 is 2.52 bits per heavy atom. The van der Waals surface area contributed by atoms with Crippen LogP contribution in [-0.2, 0) is 11.2 Å². The number of ether oxygens (including phenoxy) is 1. The molecule has 0 spiro atoms. The number of carbonyl (C=O) groups is 2. The first-order valence-electron chi connectivity index (χ1n) is 7.94. The van der Waals surface area contributed by atoms with Gasteiger partial charge in [-0.05, 0) is 36.6 Å². The maximum absolute atomic E-state index is 12.2. The Bertz CT molecular complexity index is 731. The molecule has 132 valence electrons. The highest BCUT2D eigenvalue weighted by molar-refractivity contribution is 5.94. The average Bonchev–Trinajstić information content (AvgIpc) is 2.63. The van der Waals surface area contributed by atoms with E-state index in [1.807, 2.05) is 37.3 Å². The van der Waals surface area contributed by atoms with Gasteiger partial charge in [-0.3, -0.25) is 0 Å². The molecule has 2 aromatic rings. The monoisotopic (exact) mass is 342 g/mol. The number of hydrogen-bond acceptors (Lipinski definition) is 4. The van der Waals surface area contributed by atoms with Crippen LogP contribution >= 0.6 is 0 Å². The number of amides is 2. The van der Waals surface area contributed by atoms with Crippen molar-refractivity contribution in [2.75, 3.05) is 19.0 Å². The lowest BCUT2D eigenvalue weighted by molar-refractivity contribution is 0.0600. The van der Waals surface area contributed by atoms with E-state index < -0.39 is 18.0 Å². The van der Waals surface area contributed by atoms with Crippen LogP contribution in [0.25, 0.3) is 0 Å². The summed E-state index contributed by atoms with van der Waals surface area (Å²) in [4.78, 5) is 23.8. The van der Waals surface area contributed by atoms with Gasteiger partial charge in [-0.1, -0.05) is 36.4 Å². The predicted molar refractivity (Wildman–Crippen MR) is 95.7 cm³/mol. The maximum atomic E-state index is 12.2. The highest BCUT2D eigenvalue weighted by Crippen LogP contribution is 2.17. The zero-order chi connectivity index (χ0) is 18.2. The Labute approximate surface area is 146 Å². The molecule has 2 rings (SSSR count). The number of methoxy groups -OCH3 is 1. The van der Waals surface area contributed by atoms with Crippen LogP contribution in [0.2, 0.25) is 0 Å². The molecule has 0 saturated heterocycles. The number of nitrogens with one attached hydrogen (secondary N) is 2. The molecular weight excluding hydrogens is 320 g/mol. The van der Waals surface area contributed by atoms with E-state index in [0.717, 1.165) is 11.1 Å². The number of esters is 1. The van der Waals surface area contributed by atoms with Crippen molar-refractivity contribution in [2.24, 2.45) is 0 Å². The molecule has 0 aliphatic carbocycles. The van der Waals surface area contributed by atoms with Gasteiger partial charge in [-0.15, -0.1) is 0 Å². The number of hydrogen-bond donors (Lipinski definition) is 3. The number of urea groups is 1. The zero-order valence-corrected chi connectivity index (χ0v) is 14.3. The van der Waals surface area contributed by atoms with E-state index in [1.54, 1.807) is 18.2 Å². The fourth-order valence-electron chi connectivity index (χ4n) is 2.41. The Hall–Kier alpha value is -2.86. The summed E-state index contributed by atoms with van der Waals surface area (Å²) in [6, 6.07) is 13.7. The van der Waals surface area contributed by atoms with Gasteiger partial charge in [0, 0.05) is 5.69 Å². The van der Waals surface area contributed by atoms with Crippen molar-refractivity contribution in [3.8, 4) is 0 Å². The molecule has 2 amide bonds. The molecule has 6 heteroatoms. The Morgan fingerprint density at radius 2 is 1.88 bits per heavy atom. The molecule has 3 N–H and O–H groups in total. The van der Waals surface area contributed by atoms with E-state index >= 15 is 0 Å². The van der Waals surface area contributed by atoms with E-state index in [0.29, 0.717) is 17.7 Å². The van der Waals surface area contributed by atoms with E-state index in [1.165, 1.54) is 7.11 Å². The van der Waals surface area contributed by atoms with Gasteiger partial charge >= 0.3 is 12.0 Å². The number of aliphatic hydroxyl groups excluding tert-OH is 1. The average molecular weight is 342 g/mol. The largest absolute Gasteiger partial charge is 0.465 e. The minimum Gasteiger partial charge on any atom is -0.465 e. The van der Waals surface area contributed by atoms with Gasteiger partial charge in [0.25, 0.3) is 0 Å². The first-order valence-corrected chi connectivity index (χ1v) is 7.94. The summed E-state index contributed by atoms with van der Waals surface area (Å²) < 4.78 is 4.68. The molecule has 0 radical (unpaired) electrons. The summed E-state index contributed by atoms with van der Waals surface area (Å²) in [5.74, 6) is -0.472. The number of aliphatic hydroxyl groups is 1. The summed E-state index contributed by atoms with van der Waals surface area (Å²) in [5, 5.41) is 15.0. The maximum Gasteiger partial charge on any atom is 0.337 e. The molecule has 0 heterocycles. The molecular formula is C19H22N2O4. The molecule has 0 aliphatic rings. The Kier molecular flexibility index (Phi) is 6.54. The van der Waals surface area contributed by atoms with Crippen LogP contribution in [-0.4, -0.2) is 36.9 Å². The van der Waals surface area contributed by atoms with Gasteiger partial charge in [-0.2, -0.15) is 0 Å². The number of anilines is 1. The molecule has 2 aromatic carbocycles. The van der Waals surface area contributed by atoms with Gasteiger partial charge in [-0.25, -0.2) is 9.59 Å². The minimum atomic E-state index is -0.472. The molecule has 0 unspecified atom stereocenters. The minimum absolute atomic E-state index is 0.177. The first kappa shape index (κ1) is 18.5. The molecule has 6 nitrogen and oxygen atoms in total. The standard InChI is InChI=1S/C19H22N2O4/c1-13-8-9-15(18(23)25-2)11-17(13)21-19(24)20-16(12-22)10-14-6-4-3-5-7-14/h3-9,11,16,22H,10,12H2,1-2H3,(H2,20,21,24)/t16-/m0/s1. The van der Waals surface area contributed by atoms with E-state index in [-0.39, 0.29) is 6.61 Å². The number of rotatable bonds is 6. The fourth-order valence-corrected chi connectivity index (χ4v) is 2.41. The van der Waals surface area contributed by atoms with Crippen LogP contribution < -0.4 is 10.6 Å². The first-order chi connectivity index (χ1) is 12.0. The SMILES string of the molecule is COC(=O)c1ccc(C)c(NC(=O)N[C@H](CO)Cc2ccccc2)c1. The molecule has 25 heavy (non-hydrogen) atoms. The third-order valence-electron chi connectivity index (χ3n) is 3.79. The molecule has 0 aliphatic heterocycles. The van der Waals surface area contributed by atoms with Gasteiger partial charge < -0.3 is 20.5 Å². The van der Waals surface area contributed by atoms with Crippen molar-refractivity contribution in [3.63, 3.8) is 0 Å². The van der Waals surface area contributed by atoms with Crippen molar-refractivity contribution < 1.29 is 19.4 Å². The Morgan fingerprint density at radius 1 is 1.16 bits per heavy atom. The zero-order valence-electron chi connectivity index (χ0n) is 14.3. The predicted octanol–water partition coefficient (Wildman–Crippen LogP) is 2.51. The van der Waals surface area contributed by atoms with Crippen molar-refractivity contribution in [2.45, 2.75) is 19.4 Å². The summed E-state index contributed by atoms with van der Waals surface area (Å²) in [6.07, 6.45) is 0.520. The van der Waals surface area contributed by atoms with Crippen LogP contribution in [0.4, 0.5) is 10.5 Å². The van der Waals surface area contributed by atoms with E-state index in [2.05, 4.69) is 15.4 Å². The highest BCUT2D eigenvalue weighted by Gasteiger charge is 2.14. The molecule has 0 aromatic heterocycles. The van der Waals surface area contributed by atoms with Crippen LogP contribution in [0.15, 0.2) is 48.5 Å². The van der Waals surface area contributed by atoms with Crippen LogP contribution in [0.1, 0.15) is 21.5 Å². The van der Waals surface area contributed by atoms with Gasteiger partial charge in [0.15, 0.2) is 0 Å². The van der Waals surface area contributed by atoms with Crippen molar-refractivity contribution in [3.05, 3.63) is 65.2 Å². The normalized spacial score (nSPS) is 11.5. The van der Waals surface area contributed by atoms with Crippen LogP contribution in [0.3, 0.4) is 0 Å². The molecule has 0 bridgehead atoms. The Balaban J connectivity index is 2.02. The van der Waals surface area contributed by atoms with Crippen LogP contribution in [0.5, 0.6) is 0 Å².